The first-order valence-corrected chi connectivity index (χ1v) is 9.17. The smallest absolute Gasteiger partial charge is 0.322 e. The van der Waals surface area contributed by atoms with Gasteiger partial charge >= 0.3 is 5.97 Å². The predicted octanol–water partition coefficient (Wildman–Crippen LogP) is -0.313. The van der Waals surface area contributed by atoms with Crippen molar-refractivity contribution >= 4 is 50.1 Å². The van der Waals surface area contributed by atoms with Gasteiger partial charge in [-0.1, -0.05) is 11.3 Å². The number of carboxylic acid groups (broad SMARTS) is 1. The number of sulfonamides is 1. The maximum absolute atomic E-state index is 12.4. The van der Waals surface area contributed by atoms with E-state index in [1.807, 2.05) is 0 Å². The monoisotopic (exact) mass is 352 g/mol. The van der Waals surface area contributed by atoms with Crippen molar-refractivity contribution in [2.75, 3.05) is 23.4 Å². The van der Waals surface area contributed by atoms with E-state index < -0.39 is 27.9 Å². The Morgan fingerprint density at radius 2 is 2.14 bits per heavy atom. The summed E-state index contributed by atoms with van der Waals surface area (Å²) in [5, 5.41) is 18.6. The molecule has 116 valence electrons. The summed E-state index contributed by atoms with van der Waals surface area (Å²) in [6, 6.07) is -1.12. The zero-order valence-corrected chi connectivity index (χ0v) is 13.3. The van der Waals surface area contributed by atoms with Gasteiger partial charge < -0.3 is 10.4 Å². The topological polar surface area (TPSA) is 130 Å². The van der Waals surface area contributed by atoms with Crippen molar-refractivity contribution < 1.29 is 23.1 Å². The van der Waals surface area contributed by atoms with Gasteiger partial charge in [0, 0.05) is 25.0 Å². The average molecular weight is 352 g/mol. The van der Waals surface area contributed by atoms with Gasteiger partial charge in [0.05, 0.1) is 0 Å². The summed E-state index contributed by atoms with van der Waals surface area (Å²) >= 11 is 2.08. The maximum Gasteiger partial charge on any atom is 0.322 e. The molecule has 0 bridgehead atoms. The third-order valence-electron chi connectivity index (χ3n) is 2.58. The fourth-order valence-electron chi connectivity index (χ4n) is 1.69. The van der Waals surface area contributed by atoms with E-state index in [1.54, 1.807) is 0 Å². The van der Waals surface area contributed by atoms with Crippen molar-refractivity contribution in [3.05, 3.63) is 0 Å². The molecule has 1 aromatic rings. The molecule has 0 saturated carbocycles. The quantitative estimate of drug-likeness (QED) is 0.706. The predicted molar refractivity (Wildman–Crippen MR) is 76.9 cm³/mol. The molecule has 0 spiro atoms. The van der Waals surface area contributed by atoms with Crippen LogP contribution in [0.25, 0.3) is 0 Å². The fraction of sp³-hybridized carbons (Fsp3) is 0.556. The van der Waals surface area contributed by atoms with Crippen molar-refractivity contribution in [3.8, 4) is 0 Å². The Balaban J connectivity index is 2.29. The van der Waals surface area contributed by atoms with Gasteiger partial charge in [-0.15, -0.1) is 10.2 Å². The molecule has 2 rings (SSSR count). The van der Waals surface area contributed by atoms with E-state index >= 15 is 0 Å². The van der Waals surface area contributed by atoms with Crippen LogP contribution in [-0.4, -0.2) is 64.0 Å². The highest BCUT2D eigenvalue weighted by molar-refractivity contribution is 7.99. The molecule has 1 amide bonds. The Morgan fingerprint density at radius 1 is 1.43 bits per heavy atom. The van der Waals surface area contributed by atoms with Crippen LogP contribution in [0.2, 0.25) is 0 Å². The second kappa shape index (κ2) is 6.25. The largest absolute Gasteiger partial charge is 0.480 e. The number of carbonyl (C=O) groups is 2. The van der Waals surface area contributed by atoms with Gasteiger partial charge in [0.15, 0.2) is 0 Å². The lowest BCUT2D eigenvalue weighted by Crippen LogP contribution is -2.50. The van der Waals surface area contributed by atoms with Crippen LogP contribution >= 0.6 is 23.1 Å². The molecule has 0 radical (unpaired) electrons. The van der Waals surface area contributed by atoms with Crippen LogP contribution in [0, 0.1) is 0 Å². The number of hydrogen-bond acceptors (Lipinski definition) is 8. The SMILES string of the molecule is CC(=O)Nc1nnc(S(=O)(=O)N2CCSCC2C(=O)O)s1. The number of aromatic nitrogens is 2. The van der Waals surface area contributed by atoms with Crippen LogP contribution in [-0.2, 0) is 19.6 Å². The Morgan fingerprint density at radius 3 is 2.76 bits per heavy atom. The molecule has 0 aromatic carbocycles. The summed E-state index contributed by atoms with van der Waals surface area (Å²) < 4.78 is 25.5. The molecule has 2 N–H and O–H groups in total. The Bertz CT molecular complexity index is 658. The molecule has 1 atom stereocenters. The van der Waals surface area contributed by atoms with Crippen molar-refractivity contribution in [2.24, 2.45) is 0 Å². The van der Waals surface area contributed by atoms with E-state index in [1.165, 1.54) is 18.7 Å². The summed E-state index contributed by atoms with van der Waals surface area (Å²) in [6.45, 7) is 1.36. The van der Waals surface area contributed by atoms with Crippen LogP contribution in [0.5, 0.6) is 0 Å². The molecule has 9 nitrogen and oxygen atoms in total. The van der Waals surface area contributed by atoms with Gasteiger partial charge in [0.2, 0.25) is 15.4 Å². The van der Waals surface area contributed by atoms with Gasteiger partial charge in [-0.05, 0) is 0 Å². The van der Waals surface area contributed by atoms with Gasteiger partial charge in [-0.3, -0.25) is 9.59 Å². The van der Waals surface area contributed by atoms with Gasteiger partial charge in [-0.25, -0.2) is 8.42 Å². The third kappa shape index (κ3) is 3.51. The molecule has 2 heterocycles. The van der Waals surface area contributed by atoms with E-state index in [-0.39, 0.29) is 21.8 Å². The summed E-state index contributed by atoms with van der Waals surface area (Å²) in [6.07, 6.45) is 0. The molecular weight excluding hydrogens is 340 g/mol. The van der Waals surface area contributed by atoms with Crippen LogP contribution in [0.4, 0.5) is 5.13 Å². The Kier molecular flexibility index (Phi) is 4.81. The fourth-order valence-corrected chi connectivity index (χ4v) is 5.58. The summed E-state index contributed by atoms with van der Waals surface area (Å²) in [5.41, 5.74) is 0. The molecule has 1 saturated heterocycles. The minimum atomic E-state index is -4.04. The lowest BCUT2D eigenvalue weighted by Gasteiger charge is -2.30. The second-order valence-electron chi connectivity index (χ2n) is 4.10. The molecule has 0 aliphatic carbocycles. The Hall–Kier alpha value is -1.24. The van der Waals surface area contributed by atoms with Crippen molar-refractivity contribution in [1.29, 1.82) is 0 Å². The maximum atomic E-state index is 12.4. The number of aliphatic carboxylic acids is 1. The molecule has 1 aliphatic rings. The highest BCUT2D eigenvalue weighted by Crippen LogP contribution is 2.28. The zero-order valence-electron chi connectivity index (χ0n) is 10.8. The summed E-state index contributed by atoms with van der Waals surface area (Å²) in [7, 11) is -4.04. The molecule has 12 heteroatoms. The summed E-state index contributed by atoms with van der Waals surface area (Å²) in [4.78, 5) is 22.1. The minimum absolute atomic E-state index is 0.0549. The number of rotatable bonds is 4. The normalized spacial score (nSPS) is 20.1. The molecule has 21 heavy (non-hydrogen) atoms. The second-order valence-corrected chi connectivity index (χ2v) is 8.29. The van der Waals surface area contributed by atoms with Crippen LogP contribution in [0.1, 0.15) is 6.92 Å². The third-order valence-corrected chi connectivity index (χ3v) is 6.70. The van der Waals surface area contributed by atoms with Crippen LogP contribution < -0.4 is 5.32 Å². The van der Waals surface area contributed by atoms with E-state index in [9.17, 15) is 18.0 Å². The molecule has 1 fully saturated rings. The van der Waals surface area contributed by atoms with Crippen molar-refractivity contribution in [2.45, 2.75) is 17.3 Å². The van der Waals surface area contributed by atoms with Crippen molar-refractivity contribution in [3.63, 3.8) is 0 Å². The number of amides is 1. The van der Waals surface area contributed by atoms with Crippen LogP contribution in [0.15, 0.2) is 4.34 Å². The van der Waals surface area contributed by atoms with E-state index in [2.05, 4.69) is 15.5 Å². The molecule has 1 unspecified atom stereocenters. The first kappa shape index (κ1) is 16.1. The number of anilines is 1. The molecule has 1 aliphatic heterocycles. The van der Waals surface area contributed by atoms with E-state index in [0.717, 1.165) is 4.31 Å². The Labute approximate surface area is 128 Å². The zero-order chi connectivity index (χ0) is 15.6. The highest BCUT2D eigenvalue weighted by atomic mass is 32.2. The number of nitrogens with zero attached hydrogens (tertiary/aromatic N) is 3. The van der Waals surface area contributed by atoms with Gasteiger partial charge in [0.1, 0.15) is 6.04 Å². The first-order chi connectivity index (χ1) is 9.82. The number of carbonyl (C=O) groups excluding carboxylic acids is 1. The van der Waals surface area contributed by atoms with Crippen LogP contribution in [0.3, 0.4) is 0 Å². The number of nitrogens with one attached hydrogen (secondary N) is 1. The van der Waals surface area contributed by atoms with Crippen molar-refractivity contribution in [1.82, 2.24) is 14.5 Å². The van der Waals surface area contributed by atoms with Gasteiger partial charge in [0.25, 0.3) is 10.0 Å². The van der Waals surface area contributed by atoms with E-state index in [4.69, 9.17) is 5.11 Å². The number of carboxylic acids is 1. The highest BCUT2D eigenvalue weighted by Gasteiger charge is 2.39. The average Bonchev–Trinajstić information content (AvgIpc) is 2.87. The standard InChI is InChI=1S/C9H12N4O5S3/c1-5(14)10-8-11-12-9(20-8)21(17,18)13-2-3-19-4-6(13)7(15)16/h6H,2-4H2,1H3,(H,15,16)(H,10,11,14). The number of hydrogen-bond donors (Lipinski definition) is 2. The number of thioether (sulfide) groups is 1. The lowest BCUT2D eigenvalue weighted by atomic mass is 10.3. The first-order valence-electron chi connectivity index (χ1n) is 5.76. The molecule has 1 aromatic heterocycles. The van der Waals surface area contributed by atoms with E-state index in [0.29, 0.717) is 17.1 Å². The van der Waals surface area contributed by atoms with Gasteiger partial charge in [-0.2, -0.15) is 16.1 Å². The molecular formula is C9H12N4O5S3. The minimum Gasteiger partial charge on any atom is -0.480 e. The lowest BCUT2D eigenvalue weighted by molar-refractivity contribution is -0.140. The summed E-state index contributed by atoms with van der Waals surface area (Å²) in [5.74, 6) is -0.892.